The van der Waals surface area contributed by atoms with Gasteiger partial charge >= 0.3 is 12.4 Å². The van der Waals surface area contributed by atoms with Gasteiger partial charge in [-0.25, -0.2) is 14.8 Å². The highest BCUT2D eigenvalue weighted by atomic mass is 32.1. The van der Waals surface area contributed by atoms with Crippen LogP contribution >= 0.6 is 11.3 Å². The van der Waals surface area contributed by atoms with Crippen molar-refractivity contribution in [3.63, 3.8) is 0 Å². The summed E-state index contributed by atoms with van der Waals surface area (Å²) in [5.74, 6) is 0.458. The third-order valence-electron chi connectivity index (χ3n) is 4.74. The summed E-state index contributed by atoms with van der Waals surface area (Å²) in [6.45, 7) is 6.20. The molecule has 35 heavy (non-hydrogen) atoms. The van der Waals surface area contributed by atoms with Crippen LogP contribution in [0, 0.1) is 0 Å². The molecule has 0 aliphatic carbocycles. The number of pyridine rings is 1. The third kappa shape index (κ3) is 6.18. The minimum atomic E-state index is -4.80. The van der Waals surface area contributed by atoms with Gasteiger partial charge in [-0.1, -0.05) is 50.3 Å². The zero-order valence-corrected chi connectivity index (χ0v) is 19.8. The second kappa shape index (κ2) is 9.41. The average molecular weight is 503 g/mol. The molecule has 0 saturated carbocycles. The minimum Gasteiger partial charge on any atom is -0.437 e. The fourth-order valence-electron chi connectivity index (χ4n) is 3.25. The number of para-hydroxylation sites is 1. The van der Waals surface area contributed by atoms with Crippen LogP contribution in [0.4, 0.5) is 28.8 Å². The number of anilines is 2. The van der Waals surface area contributed by atoms with Crippen molar-refractivity contribution in [2.45, 2.75) is 32.5 Å². The van der Waals surface area contributed by atoms with Gasteiger partial charge in [0.1, 0.15) is 17.2 Å². The monoisotopic (exact) mass is 502 g/mol. The molecule has 4 aromatic rings. The van der Waals surface area contributed by atoms with Crippen LogP contribution in [0.2, 0.25) is 0 Å². The lowest BCUT2D eigenvalue weighted by Gasteiger charge is -2.22. The molecule has 2 N–H and O–H groups in total. The number of ether oxygens (including phenoxy) is 2. The SMILES string of the molecule is CC(C)(C)c1ccccc1Oc1ncccc1NC(=O)Nc1nc2ccc(OC(F)(F)F)cc2s1. The number of halogens is 3. The summed E-state index contributed by atoms with van der Waals surface area (Å²) in [5, 5.41) is 5.47. The van der Waals surface area contributed by atoms with Crippen molar-refractivity contribution in [3.05, 3.63) is 66.4 Å². The summed E-state index contributed by atoms with van der Waals surface area (Å²) >= 11 is 1.01. The first-order valence-corrected chi connectivity index (χ1v) is 11.3. The van der Waals surface area contributed by atoms with Gasteiger partial charge in [-0.3, -0.25) is 5.32 Å². The molecule has 182 valence electrons. The van der Waals surface area contributed by atoms with Crippen LogP contribution in [0.1, 0.15) is 26.3 Å². The van der Waals surface area contributed by atoms with E-state index >= 15 is 0 Å². The first kappa shape index (κ1) is 24.3. The van der Waals surface area contributed by atoms with Gasteiger partial charge in [0.25, 0.3) is 0 Å². The number of nitrogens with zero attached hydrogens (tertiary/aromatic N) is 2. The van der Waals surface area contributed by atoms with Crippen LogP contribution in [0.3, 0.4) is 0 Å². The maximum atomic E-state index is 12.6. The molecule has 0 unspecified atom stereocenters. The van der Waals surface area contributed by atoms with Gasteiger partial charge in [0.05, 0.1) is 10.2 Å². The second-order valence-corrected chi connectivity index (χ2v) is 9.51. The molecular formula is C24H21F3N4O3S. The van der Waals surface area contributed by atoms with Crippen LogP contribution in [0.25, 0.3) is 10.2 Å². The van der Waals surface area contributed by atoms with Gasteiger partial charge in [-0.05, 0) is 35.7 Å². The van der Waals surface area contributed by atoms with E-state index < -0.39 is 12.4 Å². The quantitative estimate of drug-likeness (QED) is 0.299. The molecule has 2 aromatic heterocycles. The summed E-state index contributed by atoms with van der Waals surface area (Å²) in [4.78, 5) is 21.1. The Balaban J connectivity index is 1.49. The number of urea groups is 1. The fourth-order valence-corrected chi connectivity index (χ4v) is 4.14. The number of thiazole rings is 1. The Morgan fingerprint density at radius 3 is 2.51 bits per heavy atom. The lowest BCUT2D eigenvalue weighted by atomic mass is 9.86. The van der Waals surface area contributed by atoms with Crippen molar-refractivity contribution in [1.82, 2.24) is 9.97 Å². The summed E-state index contributed by atoms with van der Waals surface area (Å²) < 4.78 is 47.8. The van der Waals surface area contributed by atoms with Gasteiger partial charge in [0.15, 0.2) is 5.13 Å². The van der Waals surface area contributed by atoms with E-state index in [0.717, 1.165) is 23.0 Å². The average Bonchev–Trinajstić information content (AvgIpc) is 3.15. The molecule has 4 rings (SSSR count). The molecule has 0 radical (unpaired) electrons. The molecule has 0 aliphatic rings. The van der Waals surface area contributed by atoms with Gasteiger partial charge < -0.3 is 14.8 Å². The van der Waals surface area contributed by atoms with Crippen molar-refractivity contribution in [1.29, 1.82) is 0 Å². The number of amides is 2. The van der Waals surface area contributed by atoms with E-state index in [9.17, 15) is 18.0 Å². The summed E-state index contributed by atoms with van der Waals surface area (Å²) in [7, 11) is 0. The van der Waals surface area contributed by atoms with Crippen LogP contribution < -0.4 is 20.1 Å². The molecule has 0 atom stereocenters. The second-order valence-electron chi connectivity index (χ2n) is 8.48. The van der Waals surface area contributed by atoms with Crippen LogP contribution in [0.5, 0.6) is 17.4 Å². The molecule has 11 heteroatoms. The van der Waals surface area contributed by atoms with E-state index in [1.165, 1.54) is 12.1 Å². The highest BCUT2D eigenvalue weighted by Gasteiger charge is 2.31. The molecule has 7 nitrogen and oxygen atoms in total. The van der Waals surface area contributed by atoms with Gasteiger partial charge in [-0.15, -0.1) is 13.2 Å². The first-order valence-electron chi connectivity index (χ1n) is 10.4. The number of carbonyl (C=O) groups excluding carboxylic acids is 1. The summed E-state index contributed by atoms with van der Waals surface area (Å²) in [6.07, 6.45) is -3.25. The van der Waals surface area contributed by atoms with Crippen LogP contribution in [-0.4, -0.2) is 22.4 Å². The molecule has 0 aliphatic heterocycles. The maximum absolute atomic E-state index is 12.6. The van der Waals surface area contributed by atoms with E-state index in [1.807, 2.05) is 24.3 Å². The number of fused-ring (bicyclic) bond motifs is 1. The van der Waals surface area contributed by atoms with Crippen molar-refractivity contribution in [3.8, 4) is 17.4 Å². The number of hydrogen-bond donors (Lipinski definition) is 2. The number of benzene rings is 2. The lowest BCUT2D eigenvalue weighted by molar-refractivity contribution is -0.274. The van der Waals surface area contributed by atoms with Crippen molar-refractivity contribution < 1.29 is 27.4 Å². The Kier molecular flexibility index (Phi) is 6.53. The molecule has 0 saturated heterocycles. The molecule has 0 bridgehead atoms. The highest BCUT2D eigenvalue weighted by molar-refractivity contribution is 7.22. The lowest BCUT2D eigenvalue weighted by Crippen LogP contribution is -2.20. The number of nitrogens with one attached hydrogen (secondary N) is 2. The van der Waals surface area contributed by atoms with E-state index in [0.29, 0.717) is 21.7 Å². The standard InChI is InChI=1S/C24H21F3N4O3S/c1-23(2,3)15-7-4-5-9-18(15)33-20-17(8-6-12-28-20)29-21(32)31-22-30-16-11-10-14(13-19(16)35-22)34-24(25,26)27/h4-13H,1-3H3,(H2,29,30,31,32). The van der Waals surface area contributed by atoms with Gasteiger partial charge in [0.2, 0.25) is 5.88 Å². The van der Waals surface area contributed by atoms with Crippen molar-refractivity contribution in [2.24, 2.45) is 0 Å². The predicted octanol–water partition coefficient (Wildman–Crippen LogP) is 7.32. The van der Waals surface area contributed by atoms with E-state index in [4.69, 9.17) is 4.74 Å². The Hall–Kier alpha value is -3.86. The number of hydrogen-bond acceptors (Lipinski definition) is 6. The van der Waals surface area contributed by atoms with E-state index in [1.54, 1.807) is 18.3 Å². The molecule has 2 amide bonds. The van der Waals surface area contributed by atoms with Crippen LogP contribution in [0.15, 0.2) is 60.8 Å². The van der Waals surface area contributed by atoms with Crippen LogP contribution in [-0.2, 0) is 5.41 Å². The Morgan fingerprint density at radius 2 is 1.77 bits per heavy atom. The topological polar surface area (TPSA) is 85.4 Å². The Morgan fingerprint density at radius 1 is 1.00 bits per heavy atom. The van der Waals surface area contributed by atoms with E-state index in [2.05, 4.69) is 46.1 Å². The minimum absolute atomic E-state index is 0.172. The van der Waals surface area contributed by atoms with Gasteiger partial charge in [-0.2, -0.15) is 0 Å². The predicted molar refractivity (Wildman–Crippen MR) is 128 cm³/mol. The van der Waals surface area contributed by atoms with E-state index in [-0.39, 0.29) is 22.2 Å². The molecule has 0 spiro atoms. The third-order valence-corrected chi connectivity index (χ3v) is 5.67. The Labute approximate surface area is 202 Å². The van der Waals surface area contributed by atoms with Gasteiger partial charge in [0, 0.05) is 17.8 Å². The highest BCUT2D eigenvalue weighted by Crippen LogP contribution is 2.36. The van der Waals surface area contributed by atoms with Crippen molar-refractivity contribution in [2.75, 3.05) is 10.6 Å². The Bertz CT molecular complexity index is 1370. The zero-order chi connectivity index (χ0) is 25.2. The smallest absolute Gasteiger partial charge is 0.437 e. The van der Waals surface area contributed by atoms with Crippen molar-refractivity contribution >= 4 is 38.4 Å². The summed E-state index contributed by atoms with van der Waals surface area (Å²) in [5.41, 5.74) is 1.55. The molecular weight excluding hydrogens is 481 g/mol. The normalized spacial score (nSPS) is 11.8. The largest absolute Gasteiger partial charge is 0.573 e. The number of carbonyl (C=O) groups is 1. The molecule has 2 aromatic carbocycles. The fraction of sp³-hybridized carbons (Fsp3) is 0.208. The first-order chi connectivity index (χ1) is 16.5. The number of aromatic nitrogens is 2. The zero-order valence-electron chi connectivity index (χ0n) is 18.9. The molecule has 0 fully saturated rings. The maximum Gasteiger partial charge on any atom is 0.573 e. The molecule has 2 heterocycles. The number of rotatable bonds is 5. The number of alkyl halides is 3. The summed E-state index contributed by atoms with van der Waals surface area (Å²) in [6, 6.07) is 14.0.